The van der Waals surface area contributed by atoms with Crippen LogP contribution in [0.3, 0.4) is 0 Å². The number of nitriles is 2. The van der Waals surface area contributed by atoms with E-state index in [1.54, 1.807) is 0 Å². The van der Waals surface area contributed by atoms with Crippen LogP contribution >= 0.6 is 0 Å². The zero-order chi connectivity index (χ0) is 33.8. The van der Waals surface area contributed by atoms with Crippen molar-refractivity contribution >= 4 is 34.0 Å². The molecule has 0 radical (unpaired) electrons. The Morgan fingerprint density at radius 1 is 0.872 bits per heavy atom. The number of fused-ring (bicyclic) bond motifs is 4. The van der Waals surface area contributed by atoms with Crippen LogP contribution in [0.4, 0.5) is 0 Å². The minimum absolute atomic E-state index is 0.0138. The van der Waals surface area contributed by atoms with Gasteiger partial charge in [-0.15, -0.1) is 0 Å². The first-order valence-electron chi connectivity index (χ1n) is 16.8. The molecule has 2 atom stereocenters. The summed E-state index contributed by atoms with van der Waals surface area (Å²) in [6.45, 7) is 20.2. The maximum absolute atomic E-state index is 9.96. The quantitative estimate of drug-likeness (QED) is 0.197. The molecule has 1 aliphatic rings. The van der Waals surface area contributed by atoms with E-state index in [2.05, 4.69) is 150 Å². The molecule has 2 unspecified atom stereocenters. The molecule has 0 saturated heterocycles. The Balaban J connectivity index is 1.58. The van der Waals surface area contributed by atoms with Crippen LogP contribution in [0.15, 0.2) is 72.3 Å². The molecule has 0 N–H and O–H groups in total. The number of hydrogen-bond donors (Lipinski definition) is 0. The van der Waals surface area contributed by atoms with Crippen molar-refractivity contribution in [1.29, 1.82) is 10.5 Å². The van der Waals surface area contributed by atoms with Crippen LogP contribution in [-0.2, 0) is 11.8 Å². The summed E-state index contributed by atoms with van der Waals surface area (Å²) in [5, 5.41) is 22.0. The Labute approximate surface area is 280 Å². The fraction of sp³-hybridized carbons (Fsp3) is 0.349. The molecule has 47 heavy (non-hydrogen) atoms. The van der Waals surface area contributed by atoms with Gasteiger partial charge in [0.2, 0.25) is 0 Å². The van der Waals surface area contributed by atoms with E-state index in [4.69, 9.17) is 0 Å². The van der Waals surface area contributed by atoms with Gasteiger partial charge < -0.3 is 9.13 Å². The topological polar surface area (TPSA) is 57.4 Å². The molecule has 0 fully saturated rings. The molecular weight excluding hydrogens is 573 g/mol. The summed E-state index contributed by atoms with van der Waals surface area (Å²) in [6.07, 6.45) is 8.64. The molecule has 0 amide bonds. The SMILES string of the molecule is Cc1c(/C=C\C(C)CC(C)(C)C)n(-c2cccc(-n3c4c(c5cc(C(C)(C)C)ccc53)C=C(C#N)C(C)C4)c2)c2ccc(C#N)cc12. The lowest BCUT2D eigenvalue weighted by Crippen LogP contribution is -2.12. The van der Waals surface area contributed by atoms with E-state index >= 15 is 0 Å². The van der Waals surface area contributed by atoms with Crippen molar-refractivity contribution in [2.75, 3.05) is 0 Å². The maximum Gasteiger partial charge on any atom is 0.0991 e. The van der Waals surface area contributed by atoms with Crippen LogP contribution in [0.1, 0.15) is 95.5 Å². The Hall–Kier alpha value is -4.80. The van der Waals surface area contributed by atoms with E-state index in [0.29, 0.717) is 11.5 Å². The summed E-state index contributed by atoms with van der Waals surface area (Å²) >= 11 is 0. The summed E-state index contributed by atoms with van der Waals surface area (Å²) in [4.78, 5) is 0. The third-order valence-corrected chi connectivity index (χ3v) is 9.69. The molecule has 4 heteroatoms. The minimum atomic E-state index is 0.0138. The van der Waals surface area contributed by atoms with E-state index in [9.17, 15) is 10.5 Å². The normalized spacial score (nSPS) is 15.9. The Kier molecular flexibility index (Phi) is 8.05. The molecule has 0 aliphatic heterocycles. The van der Waals surface area contributed by atoms with Gasteiger partial charge in [-0.1, -0.05) is 73.6 Å². The first kappa shape index (κ1) is 32.2. The molecule has 6 rings (SSSR count). The lowest BCUT2D eigenvalue weighted by Gasteiger charge is -2.21. The minimum Gasteiger partial charge on any atom is -0.313 e. The maximum atomic E-state index is 9.96. The molecule has 3 aromatic carbocycles. The molecule has 1 aliphatic carbocycles. The van der Waals surface area contributed by atoms with Crippen molar-refractivity contribution in [3.05, 3.63) is 106 Å². The standard InChI is InChI=1S/C43H46N4/c1-27(24-42(4,5)6)13-16-38-29(3)35-20-30(25-44)14-17-39(35)46(38)33-11-10-12-34(23-33)47-40-18-15-32(43(7,8)9)22-37(40)36-21-31(26-45)28(2)19-41(36)47/h10-18,20-23,27-28H,19,24H2,1-9H3/b16-13-. The van der Waals surface area contributed by atoms with E-state index < -0.39 is 0 Å². The van der Waals surface area contributed by atoms with Crippen LogP contribution < -0.4 is 0 Å². The van der Waals surface area contributed by atoms with Crippen LogP contribution in [0.5, 0.6) is 0 Å². The summed E-state index contributed by atoms with van der Waals surface area (Å²) in [6, 6.07) is 26.5. The van der Waals surface area contributed by atoms with Crippen LogP contribution in [0.2, 0.25) is 0 Å². The second-order valence-corrected chi connectivity index (χ2v) is 15.8. The van der Waals surface area contributed by atoms with Crippen molar-refractivity contribution < 1.29 is 0 Å². The van der Waals surface area contributed by atoms with E-state index in [0.717, 1.165) is 57.5 Å². The second-order valence-electron chi connectivity index (χ2n) is 15.8. The largest absolute Gasteiger partial charge is 0.313 e. The highest BCUT2D eigenvalue weighted by Gasteiger charge is 2.27. The van der Waals surface area contributed by atoms with Crippen molar-refractivity contribution in [1.82, 2.24) is 9.13 Å². The number of aryl methyl sites for hydroxylation is 1. The highest BCUT2D eigenvalue weighted by Crippen LogP contribution is 2.40. The smallest absolute Gasteiger partial charge is 0.0991 e. The third-order valence-electron chi connectivity index (χ3n) is 9.69. The Morgan fingerprint density at radius 3 is 2.21 bits per heavy atom. The van der Waals surface area contributed by atoms with Gasteiger partial charge in [-0.05, 0) is 114 Å². The van der Waals surface area contributed by atoms with E-state index in [1.165, 1.54) is 22.2 Å². The predicted molar refractivity (Wildman–Crippen MR) is 197 cm³/mol. The number of nitrogens with zero attached hydrogens (tertiary/aromatic N) is 4. The summed E-state index contributed by atoms with van der Waals surface area (Å²) in [5.74, 6) is 0.573. The molecule has 0 spiro atoms. The molecule has 2 aromatic heterocycles. The Bertz CT molecular complexity index is 2170. The average molecular weight is 619 g/mol. The number of allylic oxidation sites excluding steroid dienone is 2. The lowest BCUT2D eigenvalue weighted by atomic mass is 9.84. The zero-order valence-electron chi connectivity index (χ0n) is 29.4. The number of hydrogen-bond acceptors (Lipinski definition) is 2. The highest BCUT2D eigenvalue weighted by molar-refractivity contribution is 5.95. The fourth-order valence-corrected chi connectivity index (χ4v) is 7.41. The first-order valence-corrected chi connectivity index (χ1v) is 16.8. The van der Waals surface area contributed by atoms with Crippen LogP contribution in [0.25, 0.3) is 45.3 Å². The zero-order valence-corrected chi connectivity index (χ0v) is 29.4. The molecular formula is C43H46N4. The monoisotopic (exact) mass is 618 g/mol. The van der Waals surface area contributed by atoms with Gasteiger partial charge in [-0.3, -0.25) is 0 Å². The van der Waals surface area contributed by atoms with Gasteiger partial charge in [0, 0.05) is 44.7 Å². The number of benzene rings is 3. The van der Waals surface area contributed by atoms with Crippen LogP contribution in [-0.4, -0.2) is 9.13 Å². The fourth-order valence-electron chi connectivity index (χ4n) is 7.41. The summed E-state index contributed by atoms with van der Waals surface area (Å²) < 4.78 is 4.76. The first-order chi connectivity index (χ1) is 22.2. The molecule has 238 valence electrons. The average Bonchev–Trinajstić information content (AvgIpc) is 3.48. The predicted octanol–water partition coefficient (Wildman–Crippen LogP) is 11.2. The van der Waals surface area contributed by atoms with E-state index in [1.807, 2.05) is 12.1 Å². The van der Waals surface area contributed by atoms with Crippen molar-refractivity contribution in [3.8, 4) is 23.5 Å². The lowest BCUT2D eigenvalue weighted by molar-refractivity contribution is 0.337. The molecule has 2 heterocycles. The third kappa shape index (κ3) is 5.94. The molecule has 0 bridgehead atoms. The molecule has 0 saturated carbocycles. The van der Waals surface area contributed by atoms with Crippen LogP contribution in [0, 0.1) is 46.8 Å². The highest BCUT2D eigenvalue weighted by atomic mass is 15.0. The van der Waals surface area contributed by atoms with Gasteiger partial charge in [0.1, 0.15) is 0 Å². The van der Waals surface area contributed by atoms with Gasteiger partial charge in [-0.25, -0.2) is 0 Å². The van der Waals surface area contributed by atoms with Crippen molar-refractivity contribution in [3.63, 3.8) is 0 Å². The van der Waals surface area contributed by atoms with E-state index in [-0.39, 0.29) is 16.7 Å². The van der Waals surface area contributed by atoms with Crippen molar-refractivity contribution in [2.45, 2.75) is 80.6 Å². The van der Waals surface area contributed by atoms with Crippen molar-refractivity contribution in [2.24, 2.45) is 17.3 Å². The van der Waals surface area contributed by atoms with Gasteiger partial charge >= 0.3 is 0 Å². The van der Waals surface area contributed by atoms with Gasteiger partial charge in [0.25, 0.3) is 0 Å². The van der Waals surface area contributed by atoms with Gasteiger partial charge in [0.05, 0.1) is 28.7 Å². The summed E-state index contributed by atoms with van der Waals surface area (Å²) in [5.41, 5.74) is 12.2. The van der Waals surface area contributed by atoms with Gasteiger partial charge in [0.15, 0.2) is 0 Å². The summed E-state index contributed by atoms with van der Waals surface area (Å²) in [7, 11) is 0. The molecule has 5 aromatic rings. The number of rotatable bonds is 5. The van der Waals surface area contributed by atoms with Gasteiger partial charge in [-0.2, -0.15) is 10.5 Å². The second kappa shape index (κ2) is 11.8. The number of aromatic nitrogens is 2. The molecule has 4 nitrogen and oxygen atoms in total. The Morgan fingerprint density at radius 2 is 1.55 bits per heavy atom.